The molecule has 2 aromatic carbocycles. The summed E-state index contributed by atoms with van der Waals surface area (Å²) in [5, 5.41) is 4.85. The van der Waals surface area contributed by atoms with E-state index in [0.717, 1.165) is 56.6 Å². The molecule has 4 aliphatic heterocycles. The van der Waals surface area contributed by atoms with Gasteiger partial charge in [0.15, 0.2) is 0 Å². The molecule has 0 saturated carbocycles. The van der Waals surface area contributed by atoms with Gasteiger partial charge in [0.05, 0.1) is 36.9 Å². The Morgan fingerprint density at radius 1 is 0.719 bits per heavy atom. The number of hydrogen-bond donors (Lipinski definition) is 1. The second-order valence-electron chi connectivity index (χ2n) is 17.1. The molecule has 0 aliphatic carbocycles. The Labute approximate surface area is 350 Å². The molecule has 4 atom stereocenters. The lowest BCUT2D eigenvalue weighted by molar-refractivity contribution is -0.0786. The molecule has 16 heteroatoms. The van der Waals surface area contributed by atoms with Crippen LogP contribution in [0.5, 0.6) is 0 Å². The van der Waals surface area contributed by atoms with Crippen molar-refractivity contribution in [2.24, 2.45) is 0 Å². The Morgan fingerprint density at radius 2 is 1.12 bits per heavy atom. The molecule has 12 nitrogen and oxygen atoms in total. The lowest BCUT2D eigenvalue weighted by Gasteiger charge is -2.46. The molecular weight excluding hydrogens is 812 g/mol. The number of ether oxygens (including phenoxy) is 3. The fourth-order valence-corrected chi connectivity index (χ4v) is 10.3. The van der Waals surface area contributed by atoms with Crippen molar-refractivity contribution in [2.45, 2.75) is 101 Å². The number of amides is 1. The second kappa shape index (κ2) is 20.5. The number of piperidine rings is 2. The molecule has 4 saturated heterocycles. The predicted molar refractivity (Wildman–Crippen MR) is 227 cm³/mol. The zero-order valence-corrected chi connectivity index (χ0v) is 37.2. The van der Waals surface area contributed by atoms with E-state index in [2.05, 4.69) is 27.2 Å². The van der Waals surface area contributed by atoms with Gasteiger partial charge in [0.25, 0.3) is 0 Å². The number of nitrogens with zero attached hydrogens (tertiary/aromatic N) is 3. The molecule has 0 aromatic heterocycles. The number of nitrogens with one attached hydrogen (secondary N) is 1. The number of hydrogen-bond acceptors (Lipinski definition) is 11. The van der Waals surface area contributed by atoms with E-state index in [9.17, 15) is 21.6 Å². The van der Waals surface area contributed by atoms with Gasteiger partial charge in [-0.25, -0.2) is 21.6 Å². The van der Waals surface area contributed by atoms with Crippen LogP contribution < -0.4 is 5.32 Å². The van der Waals surface area contributed by atoms with Crippen molar-refractivity contribution in [2.75, 3.05) is 76.5 Å². The Balaban J connectivity index is 0.000000224. The van der Waals surface area contributed by atoms with Crippen molar-refractivity contribution in [1.82, 2.24) is 20.0 Å². The van der Waals surface area contributed by atoms with Gasteiger partial charge in [0.2, 0.25) is 0 Å². The van der Waals surface area contributed by atoms with Crippen LogP contribution in [0.2, 0.25) is 10.0 Å². The largest absolute Gasteiger partial charge is 0.444 e. The summed E-state index contributed by atoms with van der Waals surface area (Å²) in [6.07, 6.45) is 7.23. The van der Waals surface area contributed by atoms with Gasteiger partial charge >= 0.3 is 6.09 Å². The summed E-state index contributed by atoms with van der Waals surface area (Å²) in [6, 6.07) is 16.9. The Bertz CT molecular complexity index is 1800. The van der Waals surface area contributed by atoms with Crippen LogP contribution in [-0.4, -0.2) is 156 Å². The van der Waals surface area contributed by atoms with E-state index in [1.54, 1.807) is 4.90 Å². The Kier molecular flexibility index (Phi) is 16.6. The van der Waals surface area contributed by atoms with Crippen molar-refractivity contribution in [3.05, 3.63) is 69.7 Å². The minimum Gasteiger partial charge on any atom is -0.444 e. The molecule has 4 aliphatic rings. The van der Waals surface area contributed by atoms with Crippen LogP contribution in [0.4, 0.5) is 4.79 Å². The number of morpholine rings is 2. The van der Waals surface area contributed by atoms with Crippen LogP contribution in [0, 0.1) is 0 Å². The van der Waals surface area contributed by atoms with E-state index in [1.165, 1.54) is 23.6 Å². The third-order valence-electron chi connectivity index (χ3n) is 10.9. The van der Waals surface area contributed by atoms with Crippen LogP contribution in [0.3, 0.4) is 0 Å². The highest BCUT2D eigenvalue weighted by atomic mass is 35.5. The minimum absolute atomic E-state index is 0.0217. The summed E-state index contributed by atoms with van der Waals surface area (Å²) in [7, 11) is -6.17. The van der Waals surface area contributed by atoms with E-state index in [-0.39, 0.29) is 47.9 Å². The lowest BCUT2D eigenvalue weighted by atomic mass is 9.96. The van der Waals surface area contributed by atoms with E-state index in [0.29, 0.717) is 50.5 Å². The number of carbonyl (C=O) groups excluding carboxylic acids is 1. The summed E-state index contributed by atoms with van der Waals surface area (Å²) in [5.74, 6) is 0.121. The fraction of sp³-hybridized carbons (Fsp3) is 0.683. The maximum absolute atomic E-state index is 12.4. The number of sulfone groups is 2. The molecule has 4 fully saturated rings. The van der Waals surface area contributed by atoms with Crippen molar-refractivity contribution >= 4 is 49.0 Å². The van der Waals surface area contributed by atoms with Crippen molar-refractivity contribution in [3.63, 3.8) is 0 Å². The van der Waals surface area contributed by atoms with Crippen molar-refractivity contribution in [3.8, 4) is 0 Å². The number of benzene rings is 2. The number of likely N-dealkylation sites (tertiary alicyclic amines) is 1. The van der Waals surface area contributed by atoms with Gasteiger partial charge < -0.3 is 24.4 Å². The maximum atomic E-state index is 12.4. The number of carbonyl (C=O) groups is 1. The normalized spacial score (nSPS) is 25.1. The SMILES string of the molecule is CC(C)(C)OC(=O)N1CCC(N2C[C@H](CS(C)(=O)=O)OC[C@@H]2Cc2ccc(Cl)cc2)CC1.CS(=O)(=O)C[C@H]1CN(C2CCNCC2)[C@@H](Cc2ccc(Cl)cc2)CO1. The molecule has 4 heterocycles. The fourth-order valence-electron chi connectivity index (χ4n) is 8.31. The molecule has 2 aromatic rings. The molecule has 0 spiro atoms. The first-order valence-electron chi connectivity index (χ1n) is 20.1. The molecule has 1 amide bonds. The topological polar surface area (TPSA) is 135 Å². The number of rotatable bonds is 10. The third-order valence-corrected chi connectivity index (χ3v) is 13.4. The third kappa shape index (κ3) is 15.5. The molecule has 6 rings (SSSR count). The van der Waals surface area contributed by atoms with Gasteiger partial charge in [-0.3, -0.25) is 9.80 Å². The van der Waals surface area contributed by atoms with Gasteiger partial charge in [-0.05, 0) is 108 Å². The summed E-state index contributed by atoms with van der Waals surface area (Å²) >= 11 is 12.0. The first-order valence-corrected chi connectivity index (χ1v) is 25.0. The smallest absolute Gasteiger partial charge is 0.410 e. The van der Waals surface area contributed by atoms with E-state index >= 15 is 0 Å². The average molecular weight is 874 g/mol. The highest BCUT2D eigenvalue weighted by molar-refractivity contribution is 7.90. The second-order valence-corrected chi connectivity index (χ2v) is 22.4. The molecule has 1 N–H and O–H groups in total. The molecule has 0 radical (unpaired) electrons. The average Bonchev–Trinajstić information content (AvgIpc) is 3.13. The number of halogens is 2. The van der Waals surface area contributed by atoms with Gasteiger partial charge in [-0.1, -0.05) is 47.5 Å². The zero-order chi connectivity index (χ0) is 41.4. The molecule has 320 valence electrons. The van der Waals surface area contributed by atoms with Crippen LogP contribution >= 0.6 is 23.2 Å². The molecular formula is C41H62Cl2N4O8S2. The van der Waals surface area contributed by atoms with Gasteiger partial charge in [0, 0.05) is 72.9 Å². The highest BCUT2D eigenvalue weighted by Gasteiger charge is 2.38. The molecule has 0 unspecified atom stereocenters. The van der Waals surface area contributed by atoms with Crippen LogP contribution in [-0.2, 0) is 46.7 Å². The van der Waals surface area contributed by atoms with Crippen LogP contribution in [0.15, 0.2) is 48.5 Å². The van der Waals surface area contributed by atoms with Crippen molar-refractivity contribution in [1.29, 1.82) is 0 Å². The molecule has 0 bridgehead atoms. The predicted octanol–water partition coefficient (Wildman–Crippen LogP) is 5.14. The Hall–Kier alpha value is -2.01. The minimum atomic E-state index is -3.13. The van der Waals surface area contributed by atoms with Gasteiger partial charge in [-0.2, -0.15) is 0 Å². The van der Waals surface area contributed by atoms with E-state index in [4.69, 9.17) is 37.4 Å². The van der Waals surface area contributed by atoms with Gasteiger partial charge in [-0.15, -0.1) is 0 Å². The zero-order valence-electron chi connectivity index (χ0n) is 34.1. The summed E-state index contributed by atoms with van der Waals surface area (Å²) in [4.78, 5) is 19.1. The van der Waals surface area contributed by atoms with Crippen LogP contribution in [0.1, 0.15) is 57.6 Å². The highest BCUT2D eigenvalue weighted by Crippen LogP contribution is 2.28. The monoisotopic (exact) mass is 872 g/mol. The molecule has 57 heavy (non-hydrogen) atoms. The quantitative estimate of drug-likeness (QED) is 0.340. The first kappa shape index (κ1) is 46.1. The van der Waals surface area contributed by atoms with Crippen molar-refractivity contribution < 1.29 is 35.8 Å². The van der Waals surface area contributed by atoms with E-state index < -0.39 is 25.3 Å². The lowest BCUT2D eigenvalue weighted by Crippen LogP contribution is -2.58. The van der Waals surface area contributed by atoms with Crippen LogP contribution in [0.25, 0.3) is 0 Å². The standard InChI is InChI=1S/C23H35ClN2O5S.C18H27ClN2O3S/c1-23(2,3)31-22(27)25-11-9-19(10-12-25)26-14-21(16-32(4,28)29)30-15-20(26)13-17-5-7-18(24)8-6-17;1-25(22,23)13-18-11-21(16-6-8-20-9-7-16)17(12-24-18)10-14-2-4-15(19)5-3-14/h5-8,19-21H,9-16H2,1-4H3;2-5,16-18,20H,6-13H2,1H3/t20-,21+;17-,18+/m00/s1. The summed E-state index contributed by atoms with van der Waals surface area (Å²) < 4.78 is 64.4. The summed E-state index contributed by atoms with van der Waals surface area (Å²) in [6.45, 7) is 11.2. The first-order chi connectivity index (χ1) is 26.8. The Morgan fingerprint density at radius 3 is 1.51 bits per heavy atom. The summed E-state index contributed by atoms with van der Waals surface area (Å²) in [5.41, 5.74) is 1.89. The van der Waals surface area contributed by atoms with Gasteiger partial charge in [0.1, 0.15) is 25.3 Å². The van der Waals surface area contributed by atoms with E-state index in [1.807, 2.05) is 57.2 Å². The maximum Gasteiger partial charge on any atom is 0.410 e.